The monoisotopic (exact) mass is 335 g/mol. The molecule has 0 saturated carbocycles. The largest absolute Gasteiger partial charge is 0.334 e. The molecular weight excluding hydrogens is 322 g/mol. The summed E-state index contributed by atoms with van der Waals surface area (Å²) in [6, 6.07) is 9.99. The number of aromatic nitrogens is 3. The van der Waals surface area contributed by atoms with Crippen molar-refractivity contribution in [3.05, 3.63) is 70.0 Å². The second kappa shape index (κ2) is 5.82. The molecule has 2 heterocycles. The third kappa shape index (κ3) is 2.74. The molecule has 0 bridgehead atoms. The predicted molar refractivity (Wildman–Crippen MR) is 90.4 cm³/mol. The van der Waals surface area contributed by atoms with Gasteiger partial charge in [0.1, 0.15) is 0 Å². The Balaban J connectivity index is 1.72. The van der Waals surface area contributed by atoms with E-state index in [2.05, 4.69) is 15.4 Å². The number of carbonyl (C=O) groups excluding carboxylic acids is 1. The zero-order valence-corrected chi connectivity index (χ0v) is 13.0. The van der Waals surface area contributed by atoms with Crippen molar-refractivity contribution < 1.29 is 9.72 Å². The third-order valence-corrected chi connectivity index (χ3v) is 4.08. The maximum absolute atomic E-state index is 11.7. The SMILES string of the molecule is O=C1CCc2cc(Nc3nc(-n4cccn4)ccc3[N+](=O)[O-])ccc21. The van der Waals surface area contributed by atoms with Crippen molar-refractivity contribution in [2.75, 3.05) is 5.32 Å². The highest BCUT2D eigenvalue weighted by molar-refractivity contribution is 6.00. The van der Waals surface area contributed by atoms with E-state index in [4.69, 9.17) is 0 Å². The number of hydrogen-bond donors (Lipinski definition) is 1. The topological polar surface area (TPSA) is 103 Å². The van der Waals surface area contributed by atoms with Crippen LogP contribution in [-0.4, -0.2) is 25.5 Å². The van der Waals surface area contributed by atoms with Crippen LogP contribution < -0.4 is 5.32 Å². The number of fused-ring (bicyclic) bond motifs is 1. The van der Waals surface area contributed by atoms with Gasteiger partial charge >= 0.3 is 5.69 Å². The van der Waals surface area contributed by atoms with Gasteiger partial charge in [-0.2, -0.15) is 5.10 Å². The van der Waals surface area contributed by atoms with Gasteiger partial charge < -0.3 is 5.32 Å². The quantitative estimate of drug-likeness (QED) is 0.580. The number of ketones is 1. The van der Waals surface area contributed by atoms with Gasteiger partial charge in [-0.1, -0.05) is 0 Å². The first-order valence-corrected chi connectivity index (χ1v) is 7.70. The Hall–Kier alpha value is -3.55. The Labute approximate surface area is 142 Å². The normalized spacial score (nSPS) is 12.9. The Bertz CT molecular complexity index is 982. The predicted octanol–water partition coefficient (Wildman–Crippen LogP) is 3.05. The molecule has 1 aliphatic rings. The van der Waals surface area contributed by atoms with E-state index in [1.807, 2.05) is 6.07 Å². The van der Waals surface area contributed by atoms with E-state index in [1.165, 1.54) is 16.8 Å². The zero-order valence-electron chi connectivity index (χ0n) is 13.0. The number of hydrogen-bond acceptors (Lipinski definition) is 6. The van der Waals surface area contributed by atoms with Crippen molar-refractivity contribution in [3.63, 3.8) is 0 Å². The lowest BCUT2D eigenvalue weighted by atomic mass is 10.1. The standard InChI is InChI=1S/C17H13N5O3/c23-15-6-2-11-10-12(3-4-13(11)15)19-17-14(22(24)25)5-7-16(20-17)21-9-1-8-18-21/h1,3-5,7-10H,2,6H2,(H,19,20). The molecule has 0 radical (unpaired) electrons. The number of Topliss-reactive ketones (excluding diaryl/α,β-unsaturated/α-hetero) is 1. The summed E-state index contributed by atoms with van der Waals surface area (Å²) in [5.74, 6) is 0.725. The summed E-state index contributed by atoms with van der Waals surface area (Å²) in [6.45, 7) is 0. The molecule has 124 valence electrons. The Kier molecular flexibility index (Phi) is 3.50. The van der Waals surface area contributed by atoms with Crippen molar-refractivity contribution in [1.29, 1.82) is 0 Å². The molecule has 0 aliphatic heterocycles. The average molecular weight is 335 g/mol. The minimum Gasteiger partial charge on any atom is -0.334 e. The summed E-state index contributed by atoms with van der Waals surface area (Å²) < 4.78 is 1.52. The summed E-state index contributed by atoms with van der Waals surface area (Å²) in [4.78, 5) is 26.9. The number of nitrogens with one attached hydrogen (secondary N) is 1. The van der Waals surface area contributed by atoms with Crippen molar-refractivity contribution in [2.24, 2.45) is 0 Å². The number of pyridine rings is 1. The molecule has 0 saturated heterocycles. The number of anilines is 2. The molecule has 1 N–H and O–H groups in total. The van der Waals surface area contributed by atoms with E-state index >= 15 is 0 Å². The summed E-state index contributed by atoms with van der Waals surface area (Å²) in [7, 11) is 0. The summed E-state index contributed by atoms with van der Waals surface area (Å²) in [5.41, 5.74) is 2.19. The lowest BCUT2D eigenvalue weighted by molar-refractivity contribution is -0.384. The van der Waals surface area contributed by atoms with Gasteiger partial charge in [0.2, 0.25) is 5.82 Å². The van der Waals surface area contributed by atoms with Crippen molar-refractivity contribution >= 4 is 23.0 Å². The molecule has 0 fully saturated rings. The van der Waals surface area contributed by atoms with Crippen LogP contribution in [-0.2, 0) is 6.42 Å². The fourth-order valence-corrected chi connectivity index (χ4v) is 2.88. The van der Waals surface area contributed by atoms with Gasteiger partial charge in [-0.3, -0.25) is 14.9 Å². The molecular formula is C17H13N5O3. The van der Waals surface area contributed by atoms with Crippen LogP contribution in [0.5, 0.6) is 0 Å². The molecule has 8 heteroatoms. The molecule has 3 aromatic rings. The highest BCUT2D eigenvalue weighted by atomic mass is 16.6. The molecule has 0 unspecified atom stereocenters. The fourth-order valence-electron chi connectivity index (χ4n) is 2.88. The zero-order chi connectivity index (χ0) is 17.4. The van der Waals surface area contributed by atoms with Gasteiger partial charge in [-0.05, 0) is 42.3 Å². The summed E-state index contributed by atoms with van der Waals surface area (Å²) in [5, 5.41) is 18.4. The minimum atomic E-state index is -0.487. The van der Waals surface area contributed by atoms with Crippen LogP contribution in [0, 0.1) is 10.1 Å². The van der Waals surface area contributed by atoms with Crippen molar-refractivity contribution in [1.82, 2.24) is 14.8 Å². The second-order valence-corrected chi connectivity index (χ2v) is 5.67. The van der Waals surface area contributed by atoms with Gasteiger partial charge in [0.05, 0.1) is 4.92 Å². The van der Waals surface area contributed by atoms with Gasteiger partial charge in [0.15, 0.2) is 11.6 Å². The first-order valence-electron chi connectivity index (χ1n) is 7.70. The second-order valence-electron chi connectivity index (χ2n) is 5.67. The highest BCUT2D eigenvalue weighted by Crippen LogP contribution is 2.30. The third-order valence-electron chi connectivity index (χ3n) is 4.08. The van der Waals surface area contributed by atoms with Crippen LogP contribution in [0.2, 0.25) is 0 Å². The molecule has 2 aromatic heterocycles. The van der Waals surface area contributed by atoms with Gasteiger partial charge in [0.25, 0.3) is 0 Å². The van der Waals surface area contributed by atoms with Crippen molar-refractivity contribution in [2.45, 2.75) is 12.8 Å². The van der Waals surface area contributed by atoms with Crippen molar-refractivity contribution in [3.8, 4) is 5.82 Å². The van der Waals surface area contributed by atoms with Gasteiger partial charge in [-0.15, -0.1) is 0 Å². The molecule has 0 atom stereocenters. The lowest BCUT2D eigenvalue weighted by Gasteiger charge is -2.09. The number of aryl methyl sites for hydroxylation is 1. The molecule has 0 spiro atoms. The smallest absolute Gasteiger partial charge is 0.311 e. The summed E-state index contributed by atoms with van der Waals surface area (Å²) in [6.07, 6.45) is 4.51. The summed E-state index contributed by atoms with van der Waals surface area (Å²) >= 11 is 0. The number of nitro groups is 1. The first-order chi connectivity index (χ1) is 12.1. The molecule has 1 aliphatic carbocycles. The average Bonchev–Trinajstić information content (AvgIpc) is 3.25. The van der Waals surface area contributed by atoms with E-state index in [1.54, 1.807) is 30.6 Å². The first kappa shape index (κ1) is 15.0. The maximum Gasteiger partial charge on any atom is 0.311 e. The lowest BCUT2D eigenvalue weighted by Crippen LogP contribution is -2.05. The maximum atomic E-state index is 11.7. The number of nitrogens with zero attached hydrogens (tertiary/aromatic N) is 4. The molecule has 8 nitrogen and oxygen atoms in total. The molecule has 25 heavy (non-hydrogen) atoms. The number of carbonyl (C=O) groups is 1. The highest BCUT2D eigenvalue weighted by Gasteiger charge is 2.21. The minimum absolute atomic E-state index is 0.127. The fraction of sp³-hybridized carbons (Fsp3) is 0.118. The van der Waals surface area contributed by atoms with Gasteiger partial charge in [-0.25, -0.2) is 9.67 Å². The van der Waals surface area contributed by atoms with Crippen LogP contribution in [0.3, 0.4) is 0 Å². The number of benzene rings is 1. The van der Waals surface area contributed by atoms with E-state index in [-0.39, 0.29) is 17.3 Å². The van der Waals surface area contributed by atoms with E-state index < -0.39 is 4.92 Å². The van der Waals surface area contributed by atoms with Crippen LogP contribution in [0.1, 0.15) is 22.3 Å². The van der Waals surface area contributed by atoms with Crippen LogP contribution >= 0.6 is 0 Å². The Morgan fingerprint density at radius 3 is 2.84 bits per heavy atom. The van der Waals surface area contributed by atoms with Crippen LogP contribution in [0.4, 0.5) is 17.2 Å². The molecule has 0 amide bonds. The molecule has 1 aromatic carbocycles. The number of rotatable bonds is 4. The Morgan fingerprint density at radius 2 is 2.08 bits per heavy atom. The molecule has 4 rings (SSSR count). The van der Waals surface area contributed by atoms with Gasteiger partial charge in [0, 0.05) is 36.1 Å². The Morgan fingerprint density at radius 1 is 1.20 bits per heavy atom. The van der Waals surface area contributed by atoms with E-state index in [0.717, 1.165) is 11.1 Å². The van der Waals surface area contributed by atoms with E-state index in [0.29, 0.717) is 24.3 Å². The van der Waals surface area contributed by atoms with E-state index in [9.17, 15) is 14.9 Å². The van der Waals surface area contributed by atoms with Crippen LogP contribution in [0.15, 0.2) is 48.8 Å². The van der Waals surface area contributed by atoms with Crippen LogP contribution in [0.25, 0.3) is 5.82 Å².